The Morgan fingerprint density at radius 2 is 2.16 bits per heavy atom. The Morgan fingerprint density at radius 1 is 1.32 bits per heavy atom. The van der Waals surface area contributed by atoms with Gasteiger partial charge in [0.2, 0.25) is 0 Å². The molecule has 1 amide bonds. The average molecular weight is 366 g/mol. The van der Waals surface area contributed by atoms with Crippen molar-refractivity contribution >= 4 is 23.5 Å². The van der Waals surface area contributed by atoms with E-state index >= 15 is 0 Å². The van der Waals surface area contributed by atoms with E-state index in [1.165, 1.54) is 53.3 Å². The molecule has 0 radical (unpaired) electrons. The van der Waals surface area contributed by atoms with E-state index in [1.807, 2.05) is 6.07 Å². The van der Waals surface area contributed by atoms with Crippen LogP contribution in [0, 0.1) is 0 Å². The predicted octanol–water partition coefficient (Wildman–Crippen LogP) is 3.61. The van der Waals surface area contributed by atoms with Crippen molar-refractivity contribution in [3.63, 3.8) is 0 Å². The zero-order valence-electron chi connectivity index (χ0n) is 13.4. The molecule has 0 saturated carbocycles. The van der Waals surface area contributed by atoms with Crippen LogP contribution < -0.4 is 14.9 Å². The zero-order chi connectivity index (χ0) is 17.8. The molecule has 1 aliphatic carbocycles. The maximum atomic E-state index is 12.3. The fourth-order valence-corrected chi connectivity index (χ4v) is 3.76. The first-order valence-corrected chi connectivity index (χ1v) is 8.46. The van der Waals surface area contributed by atoms with E-state index in [-0.39, 0.29) is 17.4 Å². The molecule has 3 rings (SSSR count). The molecule has 25 heavy (non-hydrogen) atoms. The smallest absolute Gasteiger partial charge is 0.387 e. The Bertz CT molecular complexity index is 784. The summed E-state index contributed by atoms with van der Waals surface area (Å²) >= 11 is 1.50. The fourth-order valence-electron chi connectivity index (χ4n) is 2.62. The fraction of sp³-hybridized carbons (Fsp3) is 0.294. The van der Waals surface area contributed by atoms with Gasteiger partial charge in [-0.2, -0.15) is 13.9 Å². The summed E-state index contributed by atoms with van der Waals surface area (Å²) < 4.78 is 34.0. The van der Waals surface area contributed by atoms with Crippen LogP contribution in [0.2, 0.25) is 0 Å². The average Bonchev–Trinajstić information content (AvgIpc) is 3.17. The number of methoxy groups -OCH3 is 1. The molecule has 0 fully saturated rings. The summed E-state index contributed by atoms with van der Waals surface area (Å²) in [6.07, 6.45) is 4.61. The van der Waals surface area contributed by atoms with Gasteiger partial charge in [0.05, 0.1) is 18.2 Å². The highest BCUT2D eigenvalue weighted by Crippen LogP contribution is 2.31. The number of thiophene rings is 1. The van der Waals surface area contributed by atoms with Gasteiger partial charge in [-0.1, -0.05) is 0 Å². The third-order valence-corrected chi connectivity index (χ3v) is 4.99. The van der Waals surface area contributed by atoms with Crippen LogP contribution in [0.1, 0.15) is 32.1 Å². The molecule has 1 aliphatic rings. The van der Waals surface area contributed by atoms with Gasteiger partial charge >= 0.3 is 6.61 Å². The van der Waals surface area contributed by atoms with E-state index < -0.39 is 6.61 Å². The van der Waals surface area contributed by atoms with Gasteiger partial charge < -0.3 is 9.47 Å². The third kappa shape index (κ3) is 4.14. The summed E-state index contributed by atoms with van der Waals surface area (Å²) in [6, 6.07) is 6.30. The number of nitrogens with one attached hydrogen (secondary N) is 1. The number of hydrazone groups is 1. The van der Waals surface area contributed by atoms with E-state index in [0.717, 1.165) is 19.3 Å². The first kappa shape index (κ1) is 17.3. The first-order chi connectivity index (χ1) is 12.1. The lowest BCUT2D eigenvalue weighted by Crippen LogP contribution is -2.16. The van der Waals surface area contributed by atoms with Gasteiger partial charge in [0.25, 0.3) is 5.91 Å². The molecule has 132 valence electrons. The second kappa shape index (κ2) is 7.60. The molecular formula is C17H16F2N2O3S. The van der Waals surface area contributed by atoms with E-state index in [2.05, 4.69) is 15.3 Å². The van der Waals surface area contributed by atoms with Crippen LogP contribution >= 0.6 is 11.3 Å². The number of amides is 1. The van der Waals surface area contributed by atoms with Gasteiger partial charge in [-0.3, -0.25) is 4.79 Å². The summed E-state index contributed by atoms with van der Waals surface area (Å²) in [5, 5.41) is 3.90. The number of carbonyl (C=O) groups excluding carboxylic acids is 1. The largest absolute Gasteiger partial charge is 0.493 e. The van der Waals surface area contributed by atoms with Crippen molar-refractivity contribution in [3.05, 3.63) is 45.1 Å². The molecule has 2 aromatic rings. The Kier molecular flexibility index (Phi) is 5.28. The van der Waals surface area contributed by atoms with E-state index in [1.54, 1.807) is 0 Å². The Hall–Kier alpha value is -2.48. The number of carbonyl (C=O) groups is 1. The zero-order valence-corrected chi connectivity index (χ0v) is 14.2. The number of fused-ring (bicyclic) bond motifs is 1. The highest BCUT2D eigenvalue weighted by Gasteiger charge is 2.18. The van der Waals surface area contributed by atoms with Crippen LogP contribution in [0.3, 0.4) is 0 Å². The quantitative estimate of drug-likeness (QED) is 0.628. The van der Waals surface area contributed by atoms with Gasteiger partial charge in [-0.25, -0.2) is 5.43 Å². The van der Waals surface area contributed by atoms with Crippen LogP contribution in [-0.2, 0) is 12.8 Å². The number of benzene rings is 1. The number of hydrogen-bond acceptors (Lipinski definition) is 5. The molecule has 0 atom stereocenters. The number of hydrogen-bond donors (Lipinski definition) is 1. The summed E-state index contributed by atoms with van der Waals surface area (Å²) in [7, 11) is 1.35. The summed E-state index contributed by atoms with van der Waals surface area (Å²) in [6.45, 7) is -2.93. The van der Waals surface area contributed by atoms with Crippen LogP contribution in [0.5, 0.6) is 11.5 Å². The summed E-state index contributed by atoms with van der Waals surface area (Å²) in [5.41, 5.74) is 4.29. The lowest BCUT2D eigenvalue weighted by atomic mass is 10.2. The second-order valence-corrected chi connectivity index (χ2v) is 6.54. The normalized spacial score (nSPS) is 13.3. The molecule has 5 nitrogen and oxygen atoms in total. The van der Waals surface area contributed by atoms with Gasteiger partial charge in [0.15, 0.2) is 11.5 Å². The van der Waals surface area contributed by atoms with Crippen LogP contribution in [0.4, 0.5) is 8.78 Å². The number of aryl methyl sites for hydroxylation is 2. The number of ether oxygens (including phenoxy) is 2. The standard InChI is InChI=1S/C17H16F2N2O3S/c1-23-13-7-10(5-6-12(13)24-17(18)19)9-20-21-16(22)15-8-11-3-2-4-14(11)25-15/h5-9,17H,2-4H2,1H3,(H,21,22)/b20-9-. The molecule has 0 aliphatic heterocycles. The van der Waals surface area contributed by atoms with Gasteiger partial charge in [0.1, 0.15) is 0 Å². The highest BCUT2D eigenvalue weighted by molar-refractivity contribution is 7.14. The van der Waals surface area contributed by atoms with Crippen molar-refractivity contribution in [2.45, 2.75) is 25.9 Å². The summed E-state index contributed by atoms with van der Waals surface area (Å²) in [5.74, 6) is -0.169. The molecule has 1 N–H and O–H groups in total. The van der Waals surface area contributed by atoms with Crippen molar-refractivity contribution in [1.29, 1.82) is 0 Å². The summed E-state index contributed by atoms with van der Waals surface area (Å²) in [4.78, 5) is 14.0. The first-order valence-electron chi connectivity index (χ1n) is 7.64. The predicted molar refractivity (Wildman–Crippen MR) is 91.0 cm³/mol. The van der Waals surface area contributed by atoms with Crippen LogP contribution in [-0.4, -0.2) is 25.8 Å². The lowest BCUT2D eigenvalue weighted by Gasteiger charge is -2.09. The molecular weight excluding hydrogens is 350 g/mol. The SMILES string of the molecule is COc1cc(/C=N\NC(=O)c2cc3c(s2)CCC3)ccc1OC(F)F. The van der Waals surface area contributed by atoms with Crippen molar-refractivity contribution in [3.8, 4) is 11.5 Å². The Morgan fingerprint density at radius 3 is 2.88 bits per heavy atom. The van der Waals surface area contributed by atoms with Crippen molar-refractivity contribution in [2.75, 3.05) is 7.11 Å². The minimum atomic E-state index is -2.93. The molecule has 8 heteroatoms. The van der Waals surface area contributed by atoms with Crippen LogP contribution in [0.15, 0.2) is 29.4 Å². The Balaban J connectivity index is 1.64. The topological polar surface area (TPSA) is 59.9 Å². The van der Waals surface area contributed by atoms with Crippen molar-refractivity contribution < 1.29 is 23.0 Å². The van der Waals surface area contributed by atoms with E-state index in [0.29, 0.717) is 10.4 Å². The second-order valence-electron chi connectivity index (χ2n) is 5.40. The van der Waals surface area contributed by atoms with E-state index in [4.69, 9.17) is 4.74 Å². The molecule has 1 heterocycles. The highest BCUT2D eigenvalue weighted by atomic mass is 32.1. The number of nitrogens with zero attached hydrogens (tertiary/aromatic N) is 1. The monoisotopic (exact) mass is 366 g/mol. The molecule has 0 saturated heterocycles. The maximum Gasteiger partial charge on any atom is 0.387 e. The molecule has 1 aromatic heterocycles. The van der Waals surface area contributed by atoms with Gasteiger partial charge in [-0.15, -0.1) is 11.3 Å². The minimum absolute atomic E-state index is 0.0632. The lowest BCUT2D eigenvalue weighted by molar-refractivity contribution is -0.0512. The van der Waals surface area contributed by atoms with Gasteiger partial charge in [-0.05, 0) is 54.7 Å². The van der Waals surface area contributed by atoms with Crippen molar-refractivity contribution in [1.82, 2.24) is 5.43 Å². The maximum absolute atomic E-state index is 12.3. The number of alkyl halides is 2. The molecule has 0 bridgehead atoms. The van der Waals surface area contributed by atoms with E-state index in [9.17, 15) is 13.6 Å². The molecule has 1 aromatic carbocycles. The minimum Gasteiger partial charge on any atom is -0.493 e. The number of halogens is 2. The van der Waals surface area contributed by atoms with Crippen LogP contribution in [0.25, 0.3) is 0 Å². The molecule has 0 unspecified atom stereocenters. The Labute approximate surface area is 147 Å². The van der Waals surface area contributed by atoms with Crippen molar-refractivity contribution in [2.24, 2.45) is 5.10 Å². The van der Waals surface area contributed by atoms with Gasteiger partial charge in [0, 0.05) is 4.88 Å². The number of rotatable bonds is 6. The third-order valence-electron chi connectivity index (χ3n) is 3.75. The molecule has 0 spiro atoms.